The maximum Gasteiger partial charge on any atom is 0.234 e. The van der Waals surface area contributed by atoms with Gasteiger partial charge in [-0.3, -0.25) is 4.79 Å². The number of nitrogens with one attached hydrogen (secondary N) is 3. The van der Waals surface area contributed by atoms with Gasteiger partial charge in [0.2, 0.25) is 11.7 Å². The van der Waals surface area contributed by atoms with Gasteiger partial charge in [-0.15, -0.1) is 0 Å². The van der Waals surface area contributed by atoms with E-state index < -0.39 is 5.41 Å². The van der Waals surface area contributed by atoms with Gasteiger partial charge in [0.05, 0.1) is 5.41 Å². The van der Waals surface area contributed by atoms with E-state index in [0.717, 1.165) is 38.0 Å². The maximum absolute atomic E-state index is 13.8. The molecule has 200 valence electrons. The number of hydrogen-bond acceptors (Lipinski definition) is 7. The summed E-state index contributed by atoms with van der Waals surface area (Å²) in [6.45, 7) is 16.7. The number of carbonyl (C=O) groups is 1. The lowest BCUT2D eigenvalue weighted by Gasteiger charge is -2.38. The highest BCUT2D eigenvalue weighted by atomic mass is 16.2. The summed E-state index contributed by atoms with van der Waals surface area (Å²) >= 11 is 0. The van der Waals surface area contributed by atoms with E-state index >= 15 is 0 Å². The first kappa shape index (κ1) is 28.4. The SMILES string of the molecule is CCC(CC)(Cc1ccccc1N1CCNCC1C)C(=O)NCc1cnc(C#N)nc1NCC(C)(C)C. The summed E-state index contributed by atoms with van der Waals surface area (Å²) in [6, 6.07) is 10.9. The van der Waals surface area contributed by atoms with Gasteiger partial charge in [0.25, 0.3) is 0 Å². The Bertz CT molecular complexity index is 1100. The molecule has 3 rings (SSSR count). The molecule has 1 aromatic heterocycles. The van der Waals surface area contributed by atoms with Crippen LogP contribution < -0.4 is 20.9 Å². The zero-order chi connectivity index (χ0) is 27.1. The average Bonchev–Trinajstić information content (AvgIpc) is 2.89. The second-order valence-corrected chi connectivity index (χ2v) is 11.3. The first-order valence-corrected chi connectivity index (χ1v) is 13.5. The Morgan fingerprint density at radius 3 is 2.59 bits per heavy atom. The molecule has 0 bridgehead atoms. The van der Waals surface area contributed by atoms with Crippen LogP contribution in [0, 0.1) is 22.2 Å². The number of carbonyl (C=O) groups excluding carboxylic acids is 1. The van der Waals surface area contributed by atoms with E-state index in [-0.39, 0.29) is 17.1 Å². The van der Waals surface area contributed by atoms with Gasteiger partial charge >= 0.3 is 0 Å². The summed E-state index contributed by atoms with van der Waals surface area (Å²) in [4.78, 5) is 24.7. The molecule has 8 heteroatoms. The van der Waals surface area contributed by atoms with Crippen LogP contribution in [-0.2, 0) is 17.8 Å². The van der Waals surface area contributed by atoms with Crippen molar-refractivity contribution in [2.75, 3.05) is 36.4 Å². The lowest BCUT2D eigenvalue weighted by atomic mass is 9.75. The Labute approximate surface area is 222 Å². The highest BCUT2D eigenvalue weighted by molar-refractivity contribution is 5.83. The Morgan fingerprint density at radius 1 is 1.22 bits per heavy atom. The molecule has 37 heavy (non-hydrogen) atoms. The number of nitrogens with zero attached hydrogens (tertiary/aromatic N) is 4. The van der Waals surface area contributed by atoms with Crippen LogP contribution >= 0.6 is 0 Å². The zero-order valence-electron chi connectivity index (χ0n) is 23.3. The smallest absolute Gasteiger partial charge is 0.234 e. The highest BCUT2D eigenvalue weighted by Gasteiger charge is 2.36. The third kappa shape index (κ3) is 7.20. The molecule has 0 radical (unpaired) electrons. The number of rotatable bonds is 10. The first-order valence-electron chi connectivity index (χ1n) is 13.5. The van der Waals surface area contributed by atoms with Crippen LogP contribution in [0.25, 0.3) is 0 Å². The van der Waals surface area contributed by atoms with Gasteiger partial charge < -0.3 is 20.9 Å². The Balaban J connectivity index is 1.80. The van der Waals surface area contributed by atoms with E-state index in [9.17, 15) is 10.1 Å². The molecule has 1 saturated heterocycles. The molecule has 1 unspecified atom stereocenters. The molecule has 3 N–H and O–H groups in total. The largest absolute Gasteiger partial charge is 0.369 e. The molecule has 0 saturated carbocycles. The van der Waals surface area contributed by atoms with Gasteiger partial charge in [0.1, 0.15) is 11.9 Å². The monoisotopic (exact) mass is 505 g/mol. The number of aromatic nitrogens is 2. The molecule has 1 fully saturated rings. The van der Waals surface area contributed by atoms with Crippen molar-refractivity contribution in [3.63, 3.8) is 0 Å². The van der Waals surface area contributed by atoms with Gasteiger partial charge in [-0.25, -0.2) is 9.97 Å². The highest BCUT2D eigenvalue weighted by Crippen LogP contribution is 2.36. The molecular weight excluding hydrogens is 462 g/mol. The van der Waals surface area contributed by atoms with Crippen LogP contribution in [0.1, 0.15) is 71.3 Å². The van der Waals surface area contributed by atoms with Gasteiger partial charge in [-0.05, 0) is 43.2 Å². The summed E-state index contributed by atoms with van der Waals surface area (Å²) in [6.07, 6.45) is 3.79. The van der Waals surface area contributed by atoms with Crippen molar-refractivity contribution in [3.05, 3.63) is 47.4 Å². The molecule has 0 spiro atoms. The third-order valence-corrected chi connectivity index (χ3v) is 7.36. The topological polar surface area (TPSA) is 106 Å². The van der Waals surface area contributed by atoms with Crippen LogP contribution in [0.15, 0.2) is 30.5 Å². The van der Waals surface area contributed by atoms with E-state index in [0.29, 0.717) is 31.4 Å². The molecule has 1 atom stereocenters. The van der Waals surface area contributed by atoms with E-state index in [1.54, 1.807) is 6.20 Å². The van der Waals surface area contributed by atoms with Crippen LogP contribution in [0.5, 0.6) is 0 Å². The molecule has 1 aliphatic heterocycles. The number of nitriles is 1. The molecule has 2 heterocycles. The summed E-state index contributed by atoms with van der Waals surface area (Å²) in [5.41, 5.74) is 2.72. The van der Waals surface area contributed by atoms with Gasteiger partial charge in [0, 0.05) is 56.2 Å². The van der Waals surface area contributed by atoms with Crippen molar-refractivity contribution in [1.29, 1.82) is 5.26 Å². The van der Waals surface area contributed by atoms with Crippen molar-refractivity contribution in [1.82, 2.24) is 20.6 Å². The number of anilines is 2. The molecule has 2 aromatic rings. The summed E-state index contributed by atoms with van der Waals surface area (Å²) in [5, 5.41) is 19.2. The van der Waals surface area contributed by atoms with E-state index in [1.807, 2.05) is 6.07 Å². The van der Waals surface area contributed by atoms with Crippen molar-refractivity contribution in [3.8, 4) is 6.07 Å². The van der Waals surface area contributed by atoms with E-state index in [2.05, 4.69) is 96.6 Å². The molecule has 0 aliphatic carbocycles. The second-order valence-electron chi connectivity index (χ2n) is 11.3. The fraction of sp³-hybridized carbons (Fsp3) is 0.586. The van der Waals surface area contributed by atoms with Crippen LogP contribution in [0.3, 0.4) is 0 Å². The van der Waals surface area contributed by atoms with E-state index in [4.69, 9.17) is 0 Å². The van der Waals surface area contributed by atoms with Gasteiger partial charge in [0.15, 0.2) is 0 Å². The molecule has 8 nitrogen and oxygen atoms in total. The molecule has 1 aliphatic rings. The van der Waals surface area contributed by atoms with Crippen LogP contribution in [0.2, 0.25) is 0 Å². The quantitative estimate of drug-likeness (QED) is 0.443. The number of benzene rings is 1. The zero-order valence-corrected chi connectivity index (χ0v) is 23.3. The third-order valence-electron chi connectivity index (χ3n) is 7.36. The average molecular weight is 506 g/mol. The standard InChI is InChI=1S/C29H43N7O/c1-7-29(8-2,15-22-11-9-10-12-24(22)36-14-13-31-17-21(36)3)27(37)33-19-23-18-32-25(16-30)35-26(23)34-20-28(4,5)6/h9-12,18,21,31H,7-8,13-15,17,19-20H2,1-6H3,(H,33,37)(H,32,34,35). The fourth-order valence-electron chi connectivity index (χ4n) is 4.86. The number of hydrogen-bond donors (Lipinski definition) is 3. The Hall–Kier alpha value is -3.18. The predicted octanol–water partition coefficient (Wildman–Crippen LogP) is 4.27. The maximum atomic E-state index is 13.8. The summed E-state index contributed by atoms with van der Waals surface area (Å²) < 4.78 is 0. The molecule has 1 aromatic carbocycles. The molecular formula is C29H43N7O. The number of para-hydroxylation sites is 1. The lowest BCUT2D eigenvalue weighted by Crippen LogP contribution is -2.50. The summed E-state index contributed by atoms with van der Waals surface area (Å²) in [7, 11) is 0. The first-order chi connectivity index (χ1) is 17.6. The molecule has 1 amide bonds. The number of piperazine rings is 1. The van der Waals surface area contributed by atoms with E-state index in [1.165, 1.54) is 11.3 Å². The van der Waals surface area contributed by atoms with Crippen molar-refractivity contribution in [2.24, 2.45) is 10.8 Å². The summed E-state index contributed by atoms with van der Waals surface area (Å²) in [5.74, 6) is 0.743. The minimum atomic E-state index is -0.528. The lowest BCUT2D eigenvalue weighted by molar-refractivity contribution is -0.131. The van der Waals surface area contributed by atoms with Gasteiger partial charge in [-0.1, -0.05) is 52.8 Å². The minimum Gasteiger partial charge on any atom is -0.369 e. The van der Waals surface area contributed by atoms with Gasteiger partial charge in [-0.2, -0.15) is 5.26 Å². The fourth-order valence-corrected chi connectivity index (χ4v) is 4.86. The van der Waals surface area contributed by atoms with Crippen LogP contribution in [0.4, 0.5) is 11.5 Å². The van der Waals surface area contributed by atoms with Crippen molar-refractivity contribution < 1.29 is 4.79 Å². The van der Waals surface area contributed by atoms with Crippen LogP contribution in [-0.4, -0.2) is 48.1 Å². The van der Waals surface area contributed by atoms with Crippen molar-refractivity contribution in [2.45, 2.75) is 73.4 Å². The number of amides is 1. The Morgan fingerprint density at radius 2 is 1.95 bits per heavy atom. The Kier molecular flexibility index (Phi) is 9.50. The minimum absolute atomic E-state index is 0.0341. The normalized spacial score (nSPS) is 16.2. The second kappa shape index (κ2) is 12.4. The van der Waals surface area contributed by atoms with Crippen molar-refractivity contribution >= 4 is 17.4 Å². The predicted molar refractivity (Wildman–Crippen MR) is 149 cm³/mol.